The number of nitriles is 1. The average molecular weight is 114 g/mol. The fourth-order valence-corrected chi connectivity index (χ4v) is 0.107. The molecule has 0 aliphatic heterocycles. The van der Waals surface area contributed by atoms with Crippen LogP contribution in [0.4, 0.5) is 0 Å². The molecule has 0 aromatic heterocycles. The molecule has 0 heterocycles. The predicted octanol–water partition coefficient (Wildman–Crippen LogP) is 0.239. The Labute approximate surface area is 51.4 Å². The topological polar surface area (TPSA) is 50.1 Å². The van der Waals surface area contributed by atoms with Crippen molar-refractivity contribution in [3.8, 4) is 6.07 Å². The Morgan fingerprint density at radius 3 is 3.12 bits per heavy atom. The molecular formula is C5H5NO2. The van der Waals surface area contributed by atoms with Crippen LogP contribution in [0.3, 0.4) is 0 Å². The molecule has 0 aromatic carbocycles. The molecule has 3 heteroatoms. The lowest BCUT2D eigenvalue weighted by atomic mass is 10.3. The number of carbonyl (C=O) groups is 1. The highest BCUT2D eigenvalue weighted by atomic mass is 16.5. The van der Waals surface area contributed by atoms with E-state index >= 15 is 0 Å². The first-order valence-electron chi connectivity index (χ1n) is 3.19. The number of ether oxygens (including phenoxy) is 1. The summed E-state index contributed by atoms with van der Waals surface area (Å²) in [5.41, 5.74) is -0.527. The molecule has 0 spiro atoms. The maximum atomic E-state index is 10.5. The molecule has 0 saturated heterocycles. The third kappa shape index (κ3) is 1.43. The van der Waals surface area contributed by atoms with Crippen LogP contribution >= 0.6 is 0 Å². The van der Waals surface area contributed by atoms with E-state index in [0.29, 0.717) is 0 Å². The van der Waals surface area contributed by atoms with Crippen LogP contribution in [0.15, 0.2) is 12.2 Å². The van der Waals surface area contributed by atoms with E-state index < -0.39 is 18.6 Å². The average Bonchev–Trinajstić information content (AvgIpc) is 1.82. The van der Waals surface area contributed by atoms with Gasteiger partial charge < -0.3 is 4.74 Å². The molecule has 0 rings (SSSR count). The molecule has 0 bridgehead atoms. The molecule has 3 nitrogen and oxygen atoms in total. The quantitative estimate of drug-likeness (QED) is 0.279. The van der Waals surface area contributed by atoms with Crippen molar-refractivity contribution in [1.82, 2.24) is 0 Å². The minimum Gasteiger partial charge on any atom is -0.465 e. The van der Waals surface area contributed by atoms with Gasteiger partial charge >= 0.3 is 5.97 Å². The molecule has 0 fully saturated rings. The number of hydrogen-bond donors (Lipinski definition) is 0. The van der Waals surface area contributed by atoms with Gasteiger partial charge in [0.05, 0.1) is 11.2 Å². The summed E-state index contributed by atoms with van der Waals surface area (Å²) < 4.78 is 23.2. The zero-order valence-corrected chi connectivity index (χ0v) is 3.97. The van der Waals surface area contributed by atoms with Crippen molar-refractivity contribution in [2.24, 2.45) is 0 Å². The lowest BCUT2D eigenvalue weighted by molar-refractivity contribution is -0.135. The first kappa shape index (κ1) is 2.88. The first-order valence-corrected chi connectivity index (χ1v) is 1.69. The van der Waals surface area contributed by atoms with E-state index in [-0.39, 0.29) is 0 Å². The molecule has 0 radical (unpaired) electrons. The highest BCUT2D eigenvalue weighted by molar-refractivity contribution is 5.91. The molecule has 0 aliphatic rings. The normalized spacial score (nSPS) is 14.1. The largest absolute Gasteiger partial charge is 0.465 e. The highest BCUT2D eigenvalue weighted by Crippen LogP contribution is 1.87. The van der Waals surface area contributed by atoms with E-state index in [1.165, 1.54) is 6.07 Å². The Balaban J connectivity index is 4.13. The number of esters is 1. The van der Waals surface area contributed by atoms with Crippen LogP contribution in [0.2, 0.25) is 0 Å². The van der Waals surface area contributed by atoms with Gasteiger partial charge in [0.25, 0.3) is 0 Å². The van der Waals surface area contributed by atoms with Crippen LogP contribution in [0.5, 0.6) is 0 Å². The maximum absolute atomic E-state index is 10.5. The van der Waals surface area contributed by atoms with Gasteiger partial charge in [0.15, 0.2) is 0 Å². The van der Waals surface area contributed by atoms with E-state index in [0.717, 1.165) is 0 Å². The summed E-state index contributed by atoms with van der Waals surface area (Å²) in [7, 11) is -2.81. The van der Waals surface area contributed by atoms with Crippen molar-refractivity contribution in [2.75, 3.05) is 7.04 Å². The lowest BCUT2D eigenvalue weighted by Crippen LogP contribution is -2.00. The molecule has 0 aliphatic carbocycles. The van der Waals surface area contributed by atoms with E-state index in [1.54, 1.807) is 0 Å². The molecule has 0 amide bonds. The van der Waals surface area contributed by atoms with E-state index in [2.05, 4.69) is 11.3 Å². The van der Waals surface area contributed by atoms with Gasteiger partial charge in [-0.25, -0.2) is 4.79 Å². The predicted molar refractivity (Wildman–Crippen MR) is 26.8 cm³/mol. The summed E-state index contributed by atoms with van der Waals surface area (Å²) in [6, 6.07) is 1.37. The number of hydrogen-bond acceptors (Lipinski definition) is 3. The number of carbonyl (C=O) groups excluding carboxylic acids is 1. The second-order valence-corrected chi connectivity index (χ2v) is 0.980. The molecule has 0 N–H and O–H groups in total. The Morgan fingerprint density at radius 2 is 2.75 bits per heavy atom. The molecule has 8 heavy (non-hydrogen) atoms. The monoisotopic (exact) mass is 114 g/mol. The Morgan fingerprint density at radius 1 is 2.12 bits per heavy atom. The van der Waals surface area contributed by atoms with Gasteiger partial charge in [-0.05, 0) is 0 Å². The van der Waals surface area contributed by atoms with Crippen LogP contribution in [-0.2, 0) is 9.53 Å². The summed E-state index contributed by atoms with van der Waals surface area (Å²) in [6.07, 6.45) is 0. The van der Waals surface area contributed by atoms with Gasteiger partial charge in [-0.3, -0.25) is 0 Å². The summed E-state index contributed by atoms with van der Waals surface area (Å²) in [5, 5.41) is 8.07. The first-order chi connectivity index (χ1) is 4.87. The molecular weight excluding hydrogens is 106 g/mol. The Bertz CT molecular complexity index is 225. The highest BCUT2D eigenvalue weighted by Gasteiger charge is 2.01. The Hall–Kier alpha value is -1.30. The minimum absolute atomic E-state index is 0.527. The lowest BCUT2D eigenvalue weighted by Gasteiger charge is -1.89. The second kappa shape index (κ2) is 2.80. The summed E-state index contributed by atoms with van der Waals surface area (Å²) in [6.45, 7) is 2.97. The fourth-order valence-electron chi connectivity index (χ4n) is 0.107. The van der Waals surface area contributed by atoms with Gasteiger partial charge in [0.2, 0.25) is 0 Å². The zero-order valence-electron chi connectivity index (χ0n) is 6.97. The number of rotatable bonds is 1. The maximum Gasteiger partial charge on any atom is 0.347 e. The van der Waals surface area contributed by atoms with Gasteiger partial charge in [-0.2, -0.15) is 5.26 Å². The van der Waals surface area contributed by atoms with E-state index in [1.807, 2.05) is 0 Å². The van der Waals surface area contributed by atoms with Gasteiger partial charge in [-0.15, -0.1) is 0 Å². The third-order valence-electron chi connectivity index (χ3n) is 0.474. The molecule has 0 unspecified atom stereocenters. The second-order valence-electron chi connectivity index (χ2n) is 0.980. The molecule has 0 atom stereocenters. The van der Waals surface area contributed by atoms with Crippen LogP contribution in [0.25, 0.3) is 0 Å². The van der Waals surface area contributed by atoms with Crippen LogP contribution in [-0.4, -0.2) is 13.0 Å². The van der Waals surface area contributed by atoms with Gasteiger partial charge in [0.1, 0.15) is 11.6 Å². The Kier molecular flexibility index (Phi) is 1.01. The minimum atomic E-state index is -2.81. The van der Waals surface area contributed by atoms with Crippen molar-refractivity contribution < 1.29 is 13.6 Å². The van der Waals surface area contributed by atoms with E-state index in [4.69, 9.17) is 9.37 Å². The fraction of sp³-hybridized carbons (Fsp3) is 0.200. The van der Waals surface area contributed by atoms with Crippen molar-refractivity contribution in [3.05, 3.63) is 12.2 Å². The van der Waals surface area contributed by atoms with Crippen molar-refractivity contribution in [3.63, 3.8) is 0 Å². The summed E-state index contributed by atoms with van der Waals surface area (Å²) in [5.74, 6) is -1.22. The molecule has 0 saturated carbocycles. The van der Waals surface area contributed by atoms with E-state index in [9.17, 15) is 4.79 Å². The zero-order chi connectivity index (χ0) is 9.07. The van der Waals surface area contributed by atoms with Crippen molar-refractivity contribution in [1.29, 1.82) is 5.26 Å². The van der Waals surface area contributed by atoms with Gasteiger partial charge in [-0.1, -0.05) is 6.58 Å². The number of methoxy groups -OCH3 is 1. The van der Waals surface area contributed by atoms with Crippen molar-refractivity contribution >= 4 is 5.97 Å². The van der Waals surface area contributed by atoms with Crippen LogP contribution in [0.1, 0.15) is 4.11 Å². The van der Waals surface area contributed by atoms with Gasteiger partial charge in [0, 0.05) is 0 Å². The smallest absolute Gasteiger partial charge is 0.347 e. The summed E-state index contributed by atoms with van der Waals surface area (Å²) >= 11 is 0. The van der Waals surface area contributed by atoms with Crippen LogP contribution < -0.4 is 0 Å². The SMILES string of the molecule is [2H]C([2H])([2H])OC(=O)C(=C)C#N. The number of nitrogens with zero attached hydrogens (tertiary/aromatic N) is 1. The van der Waals surface area contributed by atoms with Crippen molar-refractivity contribution in [2.45, 2.75) is 0 Å². The molecule has 0 aromatic rings. The third-order valence-corrected chi connectivity index (χ3v) is 0.474. The molecule has 42 valence electrons. The van der Waals surface area contributed by atoms with Crippen LogP contribution in [0, 0.1) is 11.3 Å². The summed E-state index contributed by atoms with van der Waals surface area (Å²) in [4.78, 5) is 10.5. The standard InChI is InChI=1S/C5H5NO2/c1-4(3-6)5(7)8-2/h1H2,2H3/i2D3.